The number of rotatable bonds is 9. The summed E-state index contributed by atoms with van der Waals surface area (Å²) >= 11 is 1.53. The lowest BCUT2D eigenvalue weighted by molar-refractivity contribution is 0.0229. The van der Waals surface area contributed by atoms with Gasteiger partial charge in [0.25, 0.3) is 0 Å². The van der Waals surface area contributed by atoms with Crippen LogP contribution in [0.25, 0.3) is 0 Å². The van der Waals surface area contributed by atoms with Crippen LogP contribution in [0.2, 0.25) is 0 Å². The monoisotopic (exact) mass is 476 g/mol. The quantitative estimate of drug-likeness (QED) is 0.249. The van der Waals surface area contributed by atoms with Gasteiger partial charge in [0.2, 0.25) is 0 Å². The SMILES string of the molecule is C=C1C(=CC=C2CCC[C@]3(C)[C@@H](CC)CC[C@H]23)C[C@](O)(SCCCC(O)(CC)CC)C[C@@H]1O. The number of thioether (sulfide) groups is 1. The molecule has 4 heteroatoms. The normalized spacial score (nSPS) is 37.7. The van der Waals surface area contributed by atoms with Crippen LogP contribution in [-0.2, 0) is 0 Å². The van der Waals surface area contributed by atoms with Gasteiger partial charge >= 0.3 is 0 Å². The summed E-state index contributed by atoms with van der Waals surface area (Å²) in [6.07, 6.45) is 15.5. The number of hydrogen-bond donors (Lipinski definition) is 3. The van der Waals surface area contributed by atoms with Gasteiger partial charge in [-0.3, -0.25) is 0 Å². The van der Waals surface area contributed by atoms with Crippen LogP contribution in [0, 0.1) is 17.3 Å². The molecule has 0 bridgehead atoms. The summed E-state index contributed by atoms with van der Waals surface area (Å²) in [5.41, 5.74) is 3.17. The van der Waals surface area contributed by atoms with Crippen molar-refractivity contribution in [1.82, 2.24) is 0 Å². The predicted molar refractivity (Wildman–Crippen MR) is 141 cm³/mol. The van der Waals surface area contributed by atoms with Gasteiger partial charge in [-0.2, -0.15) is 0 Å². The molecule has 3 fully saturated rings. The van der Waals surface area contributed by atoms with Crippen LogP contribution in [0.3, 0.4) is 0 Å². The smallest absolute Gasteiger partial charge is 0.117 e. The summed E-state index contributed by atoms with van der Waals surface area (Å²) in [5.74, 6) is 2.30. The molecule has 188 valence electrons. The highest BCUT2D eigenvalue weighted by molar-refractivity contribution is 8.00. The van der Waals surface area contributed by atoms with Gasteiger partial charge in [-0.25, -0.2) is 0 Å². The summed E-state index contributed by atoms with van der Waals surface area (Å²) in [6, 6.07) is 0. The summed E-state index contributed by atoms with van der Waals surface area (Å²) in [5, 5.41) is 32.5. The van der Waals surface area contributed by atoms with E-state index in [0.29, 0.717) is 24.2 Å². The summed E-state index contributed by atoms with van der Waals surface area (Å²) < 4.78 is 0. The topological polar surface area (TPSA) is 60.7 Å². The fraction of sp³-hybridized carbons (Fsp3) is 0.793. The van der Waals surface area contributed by atoms with Crippen LogP contribution in [0.4, 0.5) is 0 Å². The van der Waals surface area contributed by atoms with Crippen LogP contribution in [0.15, 0.2) is 35.5 Å². The molecule has 0 spiro atoms. The maximum absolute atomic E-state index is 11.3. The van der Waals surface area contributed by atoms with E-state index in [1.165, 1.54) is 50.3 Å². The lowest BCUT2D eigenvalue weighted by Crippen LogP contribution is -2.37. The second-order valence-electron chi connectivity index (χ2n) is 11.3. The molecule has 3 aliphatic carbocycles. The first kappa shape index (κ1) is 27.0. The number of hydrogen-bond acceptors (Lipinski definition) is 4. The van der Waals surface area contributed by atoms with Gasteiger partial charge in [0.15, 0.2) is 0 Å². The second-order valence-corrected chi connectivity index (χ2v) is 12.7. The molecule has 0 unspecified atom stereocenters. The fourth-order valence-electron chi connectivity index (χ4n) is 6.89. The Bertz CT molecular complexity index is 752. The highest BCUT2D eigenvalue weighted by Gasteiger charge is 2.48. The Kier molecular flexibility index (Phi) is 9.03. The Morgan fingerprint density at radius 1 is 1.18 bits per heavy atom. The molecule has 0 radical (unpaired) electrons. The van der Waals surface area contributed by atoms with E-state index in [-0.39, 0.29) is 0 Å². The minimum absolute atomic E-state index is 0.328. The van der Waals surface area contributed by atoms with E-state index >= 15 is 0 Å². The number of fused-ring (bicyclic) bond motifs is 1. The van der Waals surface area contributed by atoms with Crippen molar-refractivity contribution in [2.24, 2.45) is 17.3 Å². The van der Waals surface area contributed by atoms with E-state index in [9.17, 15) is 15.3 Å². The molecule has 0 heterocycles. The maximum Gasteiger partial charge on any atom is 0.117 e. The highest BCUT2D eigenvalue weighted by atomic mass is 32.2. The number of aliphatic hydroxyl groups excluding tert-OH is 1. The molecule has 0 aromatic heterocycles. The minimum atomic E-state index is -0.969. The summed E-state index contributed by atoms with van der Waals surface area (Å²) in [7, 11) is 0. The highest BCUT2D eigenvalue weighted by Crippen LogP contribution is 2.58. The second kappa shape index (κ2) is 11.0. The van der Waals surface area contributed by atoms with Crippen molar-refractivity contribution in [2.75, 3.05) is 5.75 Å². The zero-order chi connectivity index (χ0) is 24.3. The number of aliphatic hydroxyl groups is 3. The van der Waals surface area contributed by atoms with Crippen LogP contribution >= 0.6 is 11.8 Å². The van der Waals surface area contributed by atoms with E-state index < -0.39 is 16.6 Å². The van der Waals surface area contributed by atoms with Crippen molar-refractivity contribution in [3.63, 3.8) is 0 Å². The molecule has 33 heavy (non-hydrogen) atoms. The molecule has 0 aromatic carbocycles. The molecular formula is C29H48O3S. The first-order valence-electron chi connectivity index (χ1n) is 13.4. The van der Waals surface area contributed by atoms with Gasteiger partial charge in [0.05, 0.1) is 11.7 Å². The lowest BCUT2D eigenvalue weighted by atomic mass is 9.63. The molecule has 3 saturated carbocycles. The third kappa shape index (κ3) is 6.00. The van der Waals surface area contributed by atoms with Gasteiger partial charge in [0, 0.05) is 12.8 Å². The van der Waals surface area contributed by atoms with Gasteiger partial charge in [-0.1, -0.05) is 58.4 Å². The molecule has 5 atom stereocenters. The number of allylic oxidation sites excluding steroid dienone is 3. The van der Waals surface area contributed by atoms with E-state index in [1.54, 1.807) is 5.57 Å². The van der Waals surface area contributed by atoms with Crippen molar-refractivity contribution in [2.45, 2.75) is 121 Å². The van der Waals surface area contributed by atoms with E-state index in [1.807, 2.05) is 13.8 Å². The Hall–Kier alpha value is -0.550. The minimum Gasteiger partial charge on any atom is -0.390 e. The van der Waals surface area contributed by atoms with Crippen molar-refractivity contribution < 1.29 is 15.3 Å². The Morgan fingerprint density at radius 3 is 2.58 bits per heavy atom. The van der Waals surface area contributed by atoms with E-state index in [4.69, 9.17) is 0 Å². The van der Waals surface area contributed by atoms with Crippen molar-refractivity contribution in [3.8, 4) is 0 Å². The Balaban J connectivity index is 1.67. The van der Waals surface area contributed by atoms with Gasteiger partial charge in [0.1, 0.15) is 4.93 Å². The predicted octanol–water partition coefficient (Wildman–Crippen LogP) is 6.93. The molecule has 0 amide bonds. The maximum atomic E-state index is 11.3. The van der Waals surface area contributed by atoms with Gasteiger partial charge in [-0.15, -0.1) is 11.8 Å². The first-order valence-corrected chi connectivity index (χ1v) is 14.4. The zero-order valence-corrected chi connectivity index (χ0v) is 22.4. The Morgan fingerprint density at radius 2 is 1.91 bits per heavy atom. The fourth-order valence-corrected chi connectivity index (χ4v) is 8.09. The largest absolute Gasteiger partial charge is 0.390 e. The zero-order valence-electron chi connectivity index (χ0n) is 21.5. The average molecular weight is 477 g/mol. The van der Waals surface area contributed by atoms with Gasteiger partial charge < -0.3 is 15.3 Å². The molecule has 0 aromatic rings. The van der Waals surface area contributed by atoms with E-state index in [0.717, 1.165) is 48.5 Å². The molecule has 0 saturated heterocycles. The first-order chi connectivity index (χ1) is 15.6. The Labute approximate surface area is 206 Å². The molecule has 0 aliphatic heterocycles. The summed E-state index contributed by atoms with van der Waals surface area (Å²) in [6.45, 7) is 13.1. The van der Waals surface area contributed by atoms with Crippen molar-refractivity contribution >= 4 is 11.8 Å². The third-order valence-electron chi connectivity index (χ3n) is 9.42. The molecular weight excluding hydrogens is 428 g/mol. The molecule has 3 aliphatic rings. The molecule has 3 rings (SSSR count). The molecule has 3 N–H and O–H groups in total. The van der Waals surface area contributed by atoms with Crippen LogP contribution in [-0.4, -0.2) is 37.7 Å². The average Bonchev–Trinajstić information content (AvgIpc) is 3.14. The van der Waals surface area contributed by atoms with Crippen LogP contribution in [0.1, 0.15) is 105 Å². The third-order valence-corrected chi connectivity index (χ3v) is 10.8. The van der Waals surface area contributed by atoms with Crippen LogP contribution in [0.5, 0.6) is 0 Å². The van der Waals surface area contributed by atoms with Crippen LogP contribution < -0.4 is 0 Å². The molecule has 3 nitrogen and oxygen atoms in total. The van der Waals surface area contributed by atoms with Crippen molar-refractivity contribution in [3.05, 3.63) is 35.5 Å². The van der Waals surface area contributed by atoms with Crippen molar-refractivity contribution in [1.29, 1.82) is 0 Å². The summed E-state index contributed by atoms with van der Waals surface area (Å²) in [4.78, 5) is -0.969. The lowest BCUT2D eigenvalue weighted by Gasteiger charge is -2.42. The van der Waals surface area contributed by atoms with Gasteiger partial charge in [-0.05, 0) is 91.9 Å². The van der Waals surface area contributed by atoms with E-state index in [2.05, 4.69) is 32.6 Å². The standard InChI is InChI=1S/C29H48O3S/c1-6-24-14-15-25-22(11-9-16-27(24,25)5)12-13-23-19-29(32,20-26(30)21(23)4)33-18-10-17-28(31,7-2)8-3/h12-13,24-26,30-32H,4,6-11,14-20H2,1-3,5H3/t24-,25+,26-,27+,29-/m0/s1.